The third kappa shape index (κ3) is 3.21. The molecule has 1 fully saturated rings. The Bertz CT molecular complexity index is 933. The van der Waals surface area contributed by atoms with Crippen LogP contribution in [0, 0.1) is 6.92 Å². The Morgan fingerprint density at radius 1 is 1.31 bits per heavy atom. The van der Waals surface area contributed by atoms with E-state index in [1.54, 1.807) is 0 Å². The summed E-state index contributed by atoms with van der Waals surface area (Å²) in [5.74, 6) is -0.0756. The number of fused-ring (bicyclic) bond motifs is 1. The Kier molecular flexibility index (Phi) is 4.44. The highest BCUT2D eigenvalue weighted by Crippen LogP contribution is 2.22. The molecule has 134 valence electrons. The summed E-state index contributed by atoms with van der Waals surface area (Å²) in [4.78, 5) is 17.1. The minimum absolute atomic E-state index is 0.0756. The molecule has 2 atom stereocenters. The van der Waals surface area contributed by atoms with Crippen LogP contribution in [-0.4, -0.2) is 40.6 Å². The van der Waals surface area contributed by atoms with Gasteiger partial charge in [-0.3, -0.25) is 4.79 Å². The molecule has 1 amide bonds. The number of imidazole rings is 1. The van der Waals surface area contributed by atoms with E-state index in [4.69, 9.17) is 9.72 Å². The molecule has 3 aromatic rings. The van der Waals surface area contributed by atoms with Gasteiger partial charge in [0.15, 0.2) is 0 Å². The molecule has 3 heterocycles. The van der Waals surface area contributed by atoms with Crippen molar-refractivity contribution < 1.29 is 9.53 Å². The van der Waals surface area contributed by atoms with Crippen molar-refractivity contribution in [1.29, 1.82) is 0 Å². The molecule has 4 rings (SSSR count). The zero-order valence-electron chi connectivity index (χ0n) is 14.9. The molecule has 6 nitrogen and oxygen atoms in total. The van der Waals surface area contributed by atoms with Gasteiger partial charge in [0.05, 0.1) is 18.4 Å². The lowest BCUT2D eigenvalue weighted by Crippen LogP contribution is -2.53. The molecule has 26 heavy (non-hydrogen) atoms. The number of aromatic nitrogens is 2. The second-order valence-corrected chi connectivity index (χ2v) is 6.62. The molecule has 0 radical (unpaired) electrons. The van der Waals surface area contributed by atoms with Crippen LogP contribution in [-0.2, 0) is 9.53 Å². The fourth-order valence-electron chi connectivity index (χ4n) is 3.26. The van der Waals surface area contributed by atoms with Gasteiger partial charge in [-0.2, -0.15) is 0 Å². The number of hydrogen-bond acceptors (Lipinski definition) is 4. The summed E-state index contributed by atoms with van der Waals surface area (Å²) in [5, 5.41) is 6.15. The van der Waals surface area contributed by atoms with Gasteiger partial charge in [0.1, 0.15) is 11.7 Å². The van der Waals surface area contributed by atoms with Crippen LogP contribution in [0.15, 0.2) is 48.8 Å². The lowest BCUT2D eigenvalue weighted by molar-refractivity contribution is -0.123. The van der Waals surface area contributed by atoms with Gasteiger partial charge < -0.3 is 19.8 Å². The third-order valence-corrected chi connectivity index (χ3v) is 4.73. The van der Waals surface area contributed by atoms with Gasteiger partial charge in [-0.25, -0.2) is 4.98 Å². The number of aryl methyl sites for hydroxylation is 1. The number of nitrogens with one attached hydrogen (secondary N) is 2. The maximum absolute atomic E-state index is 12.4. The smallest absolute Gasteiger partial charge is 0.244 e. The van der Waals surface area contributed by atoms with E-state index in [0.717, 1.165) is 28.2 Å². The Morgan fingerprint density at radius 3 is 2.85 bits per heavy atom. The first-order valence-corrected chi connectivity index (χ1v) is 8.82. The second-order valence-electron chi connectivity index (χ2n) is 6.62. The maximum atomic E-state index is 12.4. The second kappa shape index (κ2) is 6.90. The van der Waals surface area contributed by atoms with Crippen LogP contribution in [0.5, 0.6) is 0 Å². The molecule has 1 saturated heterocycles. The van der Waals surface area contributed by atoms with Crippen molar-refractivity contribution in [2.75, 3.05) is 18.5 Å². The summed E-state index contributed by atoms with van der Waals surface area (Å²) in [5.41, 5.74) is 4.78. The lowest BCUT2D eigenvalue weighted by Gasteiger charge is -2.29. The highest BCUT2D eigenvalue weighted by Gasteiger charge is 2.28. The molecule has 0 spiro atoms. The van der Waals surface area contributed by atoms with Gasteiger partial charge in [-0.15, -0.1) is 0 Å². The van der Waals surface area contributed by atoms with E-state index in [1.807, 2.05) is 54.0 Å². The van der Waals surface area contributed by atoms with Crippen molar-refractivity contribution in [1.82, 2.24) is 14.7 Å². The molecule has 1 aliphatic rings. The average Bonchev–Trinajstić information content (AvgIpc) is 3.08. The van der Waals surface area contributed by atoms with Gasteiger partial charge in [0.25, 0.3) is 0 Å². The number of hydrogen-bond donors (Lipinski definition) is 2. The van der Waals surface area contributed by atoms with Crippen LogP contribution in [0.1, 0.15) is 12.5 Å². The van der Waals surface area contributed by atoms with Crippen LogP contribution in [0.25, 0.3) is 16.9 Å². The van der Waals surface area contributed by atoms with Crippen molar-refractivity contribution in [3.05, 3.63) is 54.4 Å². The zero-order chi connectivity index (χ0) is 18.1. The minimum Gasteiger partial charge on any atom is -0.375 e. The number of pyridine rings is 1. The molecular formula is C20H22N4O2. The largest absolute Gasteiger partial charge is 0.375 e. The topological polar surface area (TPSA) is 67.7 Å². The zero-order valence-corrected chi connectivity index (χ0v) is 14.9. The summed E-state index contributed by atoms with van der Waals surface area (Å²) in [6.07, 6.45) is 3.87. The number of carbonyl (C=O) groups is 1. The predicted molar refractivity (Wildman–Crippen MR) is 101 cm³/mol. The fraction of sp³-hybridized carbons (Fsp3) is 0.300. The molecule has 6 heteroatoms. The Balaban J connectivity index is 1.51. The first-order chi connectivity index (χ1) is 12.6. The number of carbonyl (C=O) groups excluding carboxylic acids is 1. The van der Waals surface area contributed by atoms with Gasteiger partial charge in [-0.1, -0.05) is 18.2 Å². The fourth-order valence-corrected chi connectivity index (χ4v) is 3.26. The van der Waals surface area contributed by atoms with E-state index >= 15 is 0 Å². The number of anilines is 1. The number of amides is 1. The van der Waals surface area contributed by atoms with Crippen LogP contribution >= 0.6 is 0 Å². The summed E-state index contributed by atoms with van der Waals surface area (Å²) >= 11 is 0. The molecule has 0 unspecified atom stereocenters. The summed E-state index contributed by atoms with van der Waals surface area (Å²) in [6.45, 7) is 5.28. The van der Waals surface area contributed by atoms with E-state index in [-0.39, 0.29) is 18.1 Å². The van der Waals surface area contributed by atoms with Gasteiger partial charge >= 0.3 is 0 Å². The standard InChI is InChI=1S/C20H22N4O2/c1-13-4-3-10-24-12-17(23-19(13)24)15-5-7-16(8-6-15)22-20(25)18-14(2)26-11-9-21-18/h3-8,10,12,14,18,21H,9,11H2,1-2H3,(H,22,25)/t14-,18+/m1/s1. The van der Waals surface area contributed by atoms with Crippen LogP contribution in [0.4, 0.5) is 5.69 Å². The van der Waals surface area contributed by atoms with E-state index in [2.05, 4.69) is 23.6 Å². The summed E-state index contributed by atoms with van der Waals surface area (Å²) < 4.78 is 7.56. The molecule has 2 aromatic heterocycles. The maximum Gasteiger partial charge on any atom is 0.244 e. The third-order valence-electron chi connectivity index (χ3n) is 4.73. The van der Waals surface area contributed by atoms with Gasteiger partial charge in [0, 0.05) is 30.2 Å². The van der Waals surface area contributed by atoms with Crippen molar-refractivity contribution >= 4 is 17.2 Å². The van der Waals surface area contributed by atoms with Crippen LogP contribution in [0.3, 0.4) is 0 Å². The molecule has 0 saturated carbocycles. The minimum atomic E-state index is -0.329. The number of rotatable bonds is 3. The van der Waals surface area contributed by atoms with Crippen LogP contribution in [0.2, 0.25) is 0 Å². The van der Waals surface area contributed by atoms with Crippen molar-refractivity contribution in [2.45, 2.75) is 26.0 Å². The molecule has 1 aliphatic heterocycles. The van der Waals surface area contributed by atoms with Gasteiger partial charge in [-0.05, 0) is 37.6 Å². The average molecular weight is 350 g/mol. The van der Waals surface area contributed by atoms with Crippen molar-refractivity contribution in [2.24, 2.45) is 0 Å². The van der Waals surface area contributed by atoms with E-state index in [9.17, 15) is 4.79 Å². The number of morpholine rings is 1. The highest BCUT2D eigenvalue weighted by atomic mass is 16.5. The quantitative estimate of drug-likeness (QED) is 0.762. The summed E-state index contributed by atoms with van der Waals surface area (Å²) in [7, 11) is 0. The van der Waals surface area contributed by atoms with Crippen molar-refractivity contribution in [3.8, 4) is 11.3 Å². The molecular weight excluding hydrogens is 328 g/mol. The number of ether oxygens (including phenoxy) is 1. The molecule has 1 aromatic carbocycles. The Labute approximate surface area is 152 Å². The normalized spacial score (nSPS) is 20.2. The van der Waals surface area contributed by atoms with Crippen LogP contribution < -0.4 is 10.6 Å². The predicted octanol–water partition coefficient (Wildman–Crippen LogP) is 2.63. The first kappa shape index (κ1) is 16.8. The molecule has 0 aliphatic carbocycles. The van der Waals surface area contributed by atoms with E-state index in [1.165, 1.54) is 0 Å². The molecule has 0 bridgehead atoms. The monoisotopic (exact) mass is 350 g/mol. The Morgan fingerprint density at radius 2 is 2.12 bits per heavy atom. The van der Waals surface area contributed by atoms with E-state index < -0.39 is 0 Å². The SMILES string of the molecule is Cc1cccn2cc(-c3ccc(NC(=O)[C@H]4NCCO[C@@H]4C)cc3)nc12. The first-order valence-electron chi connectivity index (χ1n) is 8.82. The lowest BCUT2D eigenvalue weighted by atomic mass is 10.1. The van der Waals surface area contributed by atoms with E-state index in [0.29, 0.717) is 13.2 Å². The highest BCUT2D eigenvalue weighted by molar-refractivity contribution is 5.95. The number of nitrogens with zero attached hydrogens (tertiary/aromatic N) is 2. The van der Waals surface area contributed by atoms with Gasteiger partial charge in [0.2, 0.25) is 5.91 Å². The number of benzene rings is 1. The van der Waals surface area contributed by atoms with Crippen molar-refractivity contribution in [3.63, 3.8) is 0 Å². The summed E-state index contributed by atoms with van der Waals surface area (Å²) in [6, 6.07) is 11.5. The Hall–Kier alpha value is -2.70. The molecule has 2 N–H and O–H groups in total.